The average Bonchev–Trinajstić information content (AvgIpc) is 3.03. The van der Waals surface area contributed by atoms with Crippen LogP contribution in [0.5, 0.6) is 0 Å². The number of para-hydroxylation sites is 1. The fraction of sp³-hybridized carbons (Fsp3) is 0.257. The Balaban J connectivity index is 1.80. The Bertz CT molecular complexity index is 1650. The molecule has 0 spiro atoms. The summed E-state index contributed by atoms with van der Waals surface area (Å²) in [5.41, 5.74) is 2.90. The van der Waals surface area contributed by atoms with Gasteiger partial charge in [0.1, 0.15) is 18.4 Å². The Hall–Kier alpha value is -4.50. The van der Waals surface area contributed by atoms with Crippen molar-refractivity contribution in [1.29, 1.82) is 0 Å². The topological polar surface area (TPSA) is 86.8 Å². The highest BCUT2D eigenvalue weighted by atomic mass is 32.2. The van der Waals surface area contributed by atoms with Crippen molar-refractivity contribution in [2.75, 3.05) is 10.8 Å². The van der Waals surface area contributed by atoms with Crippen LogP contribution in [0.25, 0.3) is 0 Å². The number of aryl methyl sites for hydroxylation is 1. The quantitative estimate of drug-likeness (QED) is 0.203. The molecule has 230 valence electrons. The van der Waals surface area contributed by atoms with Crippen LogP contribution in [0, 0.1) is 12.7 Å². The number of anilines is 1. The second kappa shape index (κ2) is 14.8. The van der Waals surface area contributed by atoms with Gasteiger partial charge in [-0.2, -0.15) is 0 Å². The molecule has 0 saturated carbocycles. The Morgan fingerprint density at radius 1 is 0.841 bits per heavy atom. The summed E-state index contributed by atoms with van der Waals surface area (Å²) in [6, 6.07) is 28.7. The third-order valence-corrected chi connectivity index (χ3v) is 9.39. The van der Waals surface area contributed by atoms with Gasteiger partial charge in [-0.1, -0.05) is 79.7 Å². The zero-order valence-corrected chi connectivity index (χ0v) is 26.0. The van der Waals surface area contributed by atoms with E-state index in [1.807, 2.05) is 75.4 Å². The fourth-order valence-electron chi connectivity index (χ4n) is 4.82. The molecule has 0 bridgehead atoms. The van der Waals surface area contributed by atoms with Crippen LogP contribution in [-0.2, 0) is 32.6 Å². The van der Waals surface area contributed by atoms with Gasteiger partial charge in [0.2, 0.25) is 11.8 Å². The molecule has 0 saturated heterocycles. The molecule has 0 aromatic heterocycles. The van der Waals surface area contributed by atoms with Crippen LogP contribution in [0.2, 0.25) is 0 Å². The van der Waals surface area contributed by atoms with Crippen molar-refractivity contribution in [1.82, 2.24) is 10.2 Å². The van der Waals surface area contributed by atoms with Crippen LogP contribution in [0.1, 0.15) is 37.0 Å². The van der Waals surface area contributed by atoms with Crippen LogP contribution in [-0.4, -0.2) is 43.8 Å². The minimum Gasteiger partial charge on any atom is -0.352 e. The van der Waals surface area contributed by atoms with Gasteiger partial charge in [-0.05, 0) is 73.4 Å². The van der Waals surface area contributed by atoms with Crippen LogP contribution < -0.4 is 9.62 Å². The van der Waals surface area contributed by atoms with Crippen molar-refractivity contribution in [2.24, 2.45) is 0 Å². The smallest absolute Gasteiger partial charge is 0.264 e. The lowest BCUT2D eigenvalue weighted by molar-refractivity contribution is -0.140. The molecule has 0 aliphatic carbocycles. The fourth-order valence-corrected chi connectivity index (χ4v) is 6.24. The number of carbonyl (C=O) groups excluding carboxylic acids is 2. The molecule has 0 heterocycles. The van der Waals surface area contributed by atoms with Gasteiger partial charge in [0.15, 0.2) is 0 Å². The minimum absolute atomic E-state index is 0.0934. The zero-order chi connectivity index (χ0) is 31.7. The lowest BCUT2D eigenvalue weighted by Gasteiger charge is -2.34. The molecule has 1 N–H and O–H groups in total. The summed E-state index contributed by atoms with van der Waals surface area (Å²) < 4.78 is 42.6. The predicted molar refractivity (Wildman–Crippen MR) is 171 cm³/mol. The molecule has 0 unspecified atom stereocenters. The maximum Gasteiger partial charge on any atom is 0.264 e. The van der Waals surface area contributed by atoms with E-state index in [0.717, 1.165) is 33.1 Å². The first-order valence-corrected chi connectivity index (χ1v) is 16.1. The number of amides is 2. The summed E-state index contributed by atoms with van der Waals surface area (Å²) in [6.45, 7) is 5.31. The Kier molecular flexibility index (Phi) is 10.9. The highest BCUT2D eigenvalue weighted by Crippen LogP contribution is 2.25. The number of rotatable bonds is 13. The van der Waals surface area contributed by atoms with Crippen LogP contribution >= 0.6 is 0 Å². The second-order valence-electron chi connectivity index (χ2n) is 10.8. The first kappa shape index (κ1) is 32.4. The third-order valence-electron chi connectivity index (χ3n) is 7.60. The normalized spacial score (nSPS) is 12.6. The zero-order valence-electron chi connectivity index (χ0n) is 25.2. The van der Waals surface area contributed by atoms with E-state index in [4.69, 9.17) is 0 Å². The Labute approximate surface area is 259 Å². The second-order valence-corrected chi connectivity index (χ2v) is 12.6. The molecular formula is C35H38FN3O4S. The molecular weight excluding hydrogens is 577 g/mol. The van der Waals surface area contributed by atoms with Gasteiger partial charge in [-0.25, -0.2) is 12.8 Å². The highest BCUT2D eigenvalue weighted by Gasteiger charge is 2.35. The number of hydrogen-bond acceptors (Lipinski definition) is 4. The third kappa shape index (κ3) is 8.11. The molecule has 0 aliphatic heterocycles. The summed E-state index contributed by atoms with van der Waals surface area (Å²) in [5.74, 6) is -1.45. The lowest BCUT2D eigenvalue weighted by Crippen LogP contribution is -2.54. The van der Waals surface area contributed by atoms with Gasteiger partial charge in [0.05, 0.1) is 10.6 Å². The van der Waals surface area contributed by atoms with Gasteiger partial charge in [-0.3, -0.25) is 13.9 Å². The van der Waals surface area contributed by atoms with E-state index in [-0.39, 0.29) is 35.5 Å². The van der Waals surface area contributed by atoms with Crippen LogP contribution in [0.3, 0.4) is 0 Å². The number of halogens is 1. The van der Waals surface area contributed by atoms with E-state index in [9.17, 15) is 22.4 Å². The molecule has 0 radical (unpaired) electrons. The number of nitrogens with one attached hydrogen (secondary N) is 1. The summed E-state index contributed by atoms with van der Waals surface area (Å²) in [6.07, 6.45) is 0.935. The number of sulfonamides is 1. The van der Waals surface area contributed by atoms with E-state index >= 15 is 0 Å². The summed E-state index contributed by atoms with van der Waals surface area (Å²) >= 11 is 0. The van der Waals surface area contributed by atoms with Crippen molar-refractivity contribution in [3.8, 4) is 0 Å². The Morgan fingerprint density at radius 3 is 2.05 bits per heavy atom. The standard InChI is InChI=1S/C35H38FN3O4S/c1-4-27(3)37-35(41)33(23-28-14-7-5-8-15-28)38(24-29-16-12-11-13-26(29)2)34(40)25-39(31-17-9-6-10-18-31)44(42,43)32-21-19-30(36)20-22-32/h5-22,27,33H,4,23-25H2,1-3H3,(H,37,41)/t27-,33+/m1/s1. The van der Waals surface area contributed by atoms with Crippen molar-refractivity contribution in [2.45, 2.75) is 57.1 Å². The van der Waals surface area contributed by atoms with Gasteiger partial charge in [0, 0.05) is 19.0 Å². The maximum absolute atomic E-state index is 14.4. The largest absolute Gasteiger partial charge is 0.352 e. The number of benzene rings is 4. The molecule has 4 aromatic rings. The maximum atomic E-state index is 14.4. The monoisotopic (exact) mass is 615 g/mol. The minimum atomic E-state index is -4.29. The molecule has 9 heteroatoms. The van der Waals surface area contributed by atoms with Crippen molar-refractivity contribution in [3.05, 3.63) is 132 Å². The highest BCUT2D eigenvalue weighted by molar-refractivity contribution is 7.92. The van der Waals surface area contributed by atoms with E-state index in [2.05, 4.69) is 5.32 Å². The molecule has 0 aliphatic rings. The van der Waals surface area contributed by atoms with Gasteiger partial charge in [0.25, 0.3) is 10.0 Å². The molecule has 2 amide bonds. The van der Waals surface area contributed by atoms with Crippen LogP contribution in [0.15, 0.2) is 114 Å². The van der Waals surface area contributed by atoms with Gasteiger partial charge >= 0.3 is 0 Å². The molecule has 0 fully saturated rings. The van der Waals surface area contributed by atoms with E-state index in [1.54, 1.807) is 30.3 Å². The van der Waals surface area contributed by atoms with Gasteiger partial charge < -0.3 is 10.2 Å². The number of nitrogens with zero attached hydrogens (tertiary/aromatic N) is 2. The number of carbonyl (C=O) groups is 2. The van der Waals surface area contributed by atoms with Crippen molar-refractivity contribution in [3.63, 3.8) is 0 Å². The average molecular weight is 616 g/mol. The SMILES string of the molecule is CC[C@@H](C)NC(=O)[C@H](Cc1ccccc1)N(Cc1ccccc1C)C(=O)CN(c1ccccc1)S(=O)(=O)c1ccc(F)cc1. The molecule has 4 aromatic carbocycles. The number of hydrogen-bond donors (Lipinski definition) is 1. The first-order chi connectivity index (χ1) is 21.1. The molecule has 2 atom stereocenters. The van der Waals surface area contributed by atoms with E-state index in [1.165, 1.54) is 17.0 Å². The summed E-state index contributed by atoms with van der Waals surface area (Å²) in [4.78, 5) is 29.6. The van der Waals surface area contributed by atoms with Crippen LogP contribution in [0.4, 0.5) is 10.1 Å². The van der Waals surface area contributed by atoms with E-state index in [0.29, 0.717) is 6.42 Å². The van der Waals surface area contributed by atoms with Gasteiger partial charge in [-0.15, -0.1) is 0 Å². The molecule has 4 rings (SSSR count). The van der Waals surface area contributed by atoms with Crippen molar-refractivity contribution < 1.29 is 22.4 Å². The molecule has 7 nitrogen and oxygen atoms in total. The summed E-state index contributed by atoms with van der Waals surface area (Å²) in [7, 11) is -4.29. The first-order valence-electron chi connectivity index (χ1n) is 14.6. The van der Waals surface area contributed by atoms with E-state index < -0.39 is 34.3 Å². The Morgan fingerprint density at radius 2 is 1.43 bits per heavy atom. The lowest BCUT2D eigenvalue weighted by atomic mass is 10.0. The van der Waals surface area contributed by atoms with Crippen molar-refractivity contribution >= 4 is 27.5 Å². The predicted octanol–water partition coefficient (Wildman–Crippen LogP) is 5.88. The summed E-state index contributed by atoms with van der Waals surface area (Å²) in [5, 5.41) is 3.03. The molecule has 44 heavy (non-hydrogen) atoms.